The van der Waals surface area contributed by atoms with Gasteiger partial charge in [0.05, 0.1) is 5.69 Å². The smallest absolute Gasteiger partial charge is 0.265 e. The topological polar surface area (TPSA) is 83.2 Å². The minimum Gasteiger partial charge on any atom is -0.479 e. The fourth-order valence-electron chi connectivity index (χ4n) is 4.08. The van der Waals surface area contributed by atoms with Gasteiger partial charge in [-0.05, 0) is 60.9 Å². The molecule has 3 N–H and O–H groups in total. The molecule has 1 aliphatic heterocycles. The third-order valence-electron chi connectivity index (χ3n) is 5.73. The molecule has 4 aromatic rings. The van der Waals surface area contributed by atoms with Crippen LogP contribution in [0.3, 0.4) is 0 Å². The van der Waals surface area contributed by atoms with E-state index in [2.05, 4.69) is 15.6 Å². The summed E-state index contributed by atoms with van der Waals surface area (Å²) in [6.45, 7) is 1.67. The number of fused-ring (bicyclic) bond motifs is 2. The summed E-state index contributed by atoms with van der Waals surface area (Å²) >= 11 is 0. The maximum atomic E-state index is 14.0. The molecule has 0 saturated heterocycles. The molecule has 1 atom stereocenters. The first-order valence-corrected chi connectivity index (χ1v) is 10.7. The lowest BCUT2D eigenvalue weighted by molar-refractivity contribution is -0.122. The lowest BCUT2D eigenvalue weighted by Gasteiger charge is -2.23. The SMILES string of the molecule is CC1Oc2ccc(NC(=O)CCc3c(-c4ccccc4)[nH]c4ccc(F)cc34)cc2NC1=O. The molecule has 5 rings (SSSR count). The van der Waals surface area contributed by atoms with E-state index in [-0.39, 0.29) is 24.1 Å². The Kier molecular flexibility index (Phi) is 5.30. The molecule has 0 saturated carbocycles. The molecule has 1 aliphatic rings. The summed E-state index contributed by atoms with van der Waals surface area (Å²) in [7, 11) is 0. The Morgan fingerprint density at radius 1 is 1.09 bits per heavy atom. The number of H-pyrrole nitrogens is 1. The molecule has 166 valence electrons. The minimum atomic E-state index is -0.558. The number of aromatic amines is 1. The zero-order valence-electron chi connectivity index (χ0n) is 17.9. The molecule has 0 spiro atoms. The van der Waals surface area contributed by atoms with Gasteiger partial charge in [-0.15, -0.1) is 0 Å². The second-order valence-corrected chi connectivity index (χ2v) is 8.04. The molecule has 0 aliphatic carbocycles. The van der Waals surface area contributed by atoms with Gasteiger partial charge >= 0.3 is 0 Å². The molecule has 1 unspecified atom stereocenters. The standard InChI is InChI=1S/C26H22FN3O3/c1-15-26(32)30-22-14-18(8-11-23(22)33-15)28-24(31)12-9-19-20-13-17(27)7-10-21(20)29-25(19)16-5-3-2-4-6-16/h2-8,10-11,13-15,29H,9,12H2,1H3,(H,28,31)(H,30,32). The second-order valence-electron chi connectivity index (χ2n) is 8.04. The number of benzene rings is 3. The number of hydrogen-bond donors (Lipinski definition) is 3. The van der Waals surface area contributed by atoms with Crippen LogP contribution in [-0.4, -0.2) is 22.9 Å². The molecule has 33 heavy (non-hydrogen) atoms. The van der Waals surface area contributed by atoms with Crippen LogP contribution in [-0.2, 0) is 16.0 Å². The third-order valence-corrected chi connectivity index (χ3v) is 5.73. The fourth-order valence-corrected chi connectivity index (χ4v) is 4.08. The van der Waals surface area contributed by atoms with Gasteiger partial charge < -0.3 is 20.4 Å². The Balaban J connectivity index is 1.36. The number of nitrogens with one attached hydrogen (secondary N) is 3. The number of amides is 2. The Bertz CT molecular complexity index is 1360. The second kappa shape index (κ2) is 8.43. The Labute approximate surface area is 189 Å². The van der Waals surface area contributed by atoms with E-state index >= 15 is 0 Å². The molecule has 2 heterocycles. The van der Waals surface area contributed by atoms with Crippen LogP contribution >= 0.6 is 0 Å². The molecule has 2 amide bonds. The van der Waals surface area contributed by atoms with Gasteiger partial charge in [0, 0.05) is 28.7 Å². The van der Waals surface area contributed by atoms with E-state index < -0.39 is 6.10 Å². The average Bonchev–Trinajstić information content (AvgIpc) is 3.17. The van der Waals surface area contributed by atoms with Crippen molar-refractivity contribution in [2.45, 2.75) is 25.9 Å². The molecule has 7 heteroatoms. The highest BCUT2D eigenvalue weighted by molar-refractivity contribution is 5.99. The zero-order chi connectivity index (χ0) is 22.9. The van der Waals surface area contributed by atoms with Gasteiger partial charge in [-0.25, -0.2) is 4.39 Å². The number of hydrogen-bond acceptors (Lipinski definition) is 3. The van der Waals surface area contributed by atoms with Gasteiger partial charge in [0.15, 0.2) is 6.10 Å². The third kappa shape index (κ3) is 4.17. The molecular weight excluding hydrogens is 421 g/mol. The van der Waals surface area contributed by atoms with Crippen LogP contribution in [0.25, 0.3) is 22.2 Å². The highest BCUT2D eigenvalue weighted by atomic mass is 19.1. The van der Waals surface area contributed by atoms with Crippen molar-refractivity contribution in [3.8, 4) is 17.0 Å². The highest BCUT2D eigenvalue weighted by Gasteiger charge is 2.23. The van der Waals surface area contributed by atoms with Crippen molar-refractivity contribution >= 4 is 34.1 Å². The van der Waals surface area contributed by atoms with E-state index in [4.69, 9.17) is 4.74 Å². The summed E-state index contributed by atoms with van der Waals surface area (Å²) in [6.07, 6.45) is 0.0833. The summed E-state index contributed by atoms with van der Waals surface area (Å²) < 4.78 is 19.5. The summed E-state index contributed by atoms with van der Waals surface area (Å²) in [6, 6.07) is 19.5. The molecule has 0 fully saturated rings. The summed E-state index contributed by atoms with van der Waals surface area (Å²) in [4.78, 5) is 28.0. The van der Waals surface area contributed by atoms with Crippen LogP contribution in [0.2, 0.25) is 0 Å². The predicted molar refractivity (Wildman–Crippen MR) is 126 cm³/mol. The van der Waals surface area contributed by atoms with E-state index in [0.717, 1.165) is 27.7 Å². The Morgan fingerprint density at radius 2 is 1.91 bits per heavy atom. The lowest BCUT2D eigenvalue weighted by atomic mass is 10.0. The van der Waals surface area contributed by atoms with Crippen LogP contribution in [0.15, 0.2) is 66.7 Å². The average molecular weight is 443 g/mol. The van der Waals surface area contributed by atoms with Crippen LogP contribution in [0.4, 0.5) is 15.8 Å². The van der Waals surface area contributed by atoms with Crippen molar-refractivity contribution in [1.82, 2.24) is 4.98 Å². The minimum absolute atomic E-state index is 0.184. The van der Waals surface area contributed by atoms with Gasteiger partial charge in [-0.1, -0.05) is 30.3 Å². The van der Waals surface area contributed by atoms with Gasteiger partial charge in [0.1, 0.15) is 11.6 Å². The first-order valence-electron chi connectivity index (χ1n) is 10.7. The van der Waals surface area contributed by atoms with Gasteiger partial charge in [0.25, 0.3) is 5.91 Å². The van der Waals surface area contributed by atoms with Crippen molar-refractivity contribution in [3.63, 3.8) is 0 Å². The van der Waals surface area contributed by atoms with Gasteiger partial charge in [-0.3, -0.25) is 9.59 Å². The number of ether oxygens (including phenoxy) is 1. The number of halogens is 1. The fraction of sp³-hybridized carbons (Fsp3) is 0.154. The number of aromatic nitrogens is 1. The first kappa shape index (κ1) is 20.8. The number of anilines is 2. The summed E-state index contributed by atoms with van der Waals surface area (Å²) in [5.41, 5.74) is 4.66. The molecule has 3 aromatic carbocycles. The molecular formula is C26H22FN3O3. The van der Waals surface area contributed by atoms with Gasteiger partial charge in [0.2, 0.25) is 5.91 Å². The highest BCUT2D eigenvalue weighted by Crippen LogP contribution is 2.33. The van der Waals surface area contributed by atoms with Crippen molar-refractivity contribution in [2.75, 3.05) is 10.6 Å². The van der Waals surface area contributed by atoms with Gasteiger partial charge in [-0.2, -0.15) is 0 Å². The summed E-state index contributed by atoms with van der Waals surface area (Å²) in [5.74, 6) is -0.171. The molecule has 0 bridgehead atoms. The molecule has 0 radical (unpaired) electrons. The largest absolute Gasteiger partial charge is 0.479 e. The van der Waals surface area contributed by atoms with E-state index in [9.17, 15) is 14.0 Å². The number of carbonyl (C=O) groups excluding carboxylic acids is 2. The molecule has 1 aromatic heterocycles. The van der Waals surface area contributed by atoms with Crippen molar-refractivity contribution in [3.05, 3.63) is 78.1 Å². The van der Waals surface area contributed by atoms with Crippen molar-refractivity contribution < 1.29 is 18.7 Å². The van der Waals surface area contributed by atoms with E-state index in [1.54, 1.807) is 31.2 Å². The maximum absolute atomic E-state index is 14.0. The van der Waals surface area contributed by atoms with Crippen molar-refractivity contribution in [2.24, 2.45) is 0 Å². The van der Waals surface area contributed by atoms with Crippen LogP contribution in [0.1, 0.15) is 18.9 Å². The normalized spacial score (nSPS) is 15.0. The van der Waals surface area contributed by atoms with Crippen molar-refractivity contribution in [1.29, 1.82) is 0 Å². The maximum Gasteiger partial charge on any atom is 0.265 e. The summed E-state index contributed by atoms with van der Waals surface area (Å²) in [5, 5.41) is 6.41. The van der Waals surface area contributed by atoms with E-state index in [1.165, 1.54) is 12.1 Å². The first-order chi connectivity index (χ1) is 16.0. The predicted octanol–water partition coefficient (Wildman–Crippen LogP) is 5.26. The van der Waals surface area contributed by atoms with Crippen LogP contribution < -0.4 is 15.4 Å². The zero-order valence-corrected chi connectivity index (χ0v) is 17.9. The monoisotopic (exact) mass is 443 g/mol. The van der Waals surface area contributed by atoms with Crippen LogP contribution in [0, 0.1) is 5.82 Å². The van der Waals surface area contributed by atoms with Crippen LogP contribution in [0.5, 0.6) is 5.75 Å². The van der Waals surface area contributed by atoms with E-state index in [1.807, 2.05) is 30.3 Å². The number of rotatable bonds is 5. The lowest BCUT2D eigenvalue weighted by Crippen LogP contribution is -2.34. The Morgan fingerprint density at radius 3 is 2.73 bits per heavy atom. The quantitative estimate of drug-likeness (QED) is 0.393. The number of aryl methyl sites for hydroxylation is 1. The van der Waals surface area contributed by atoms with E-state index in [0.29, 0.717) is 23.5 Å². The number of carbonyl (C=O) groups is 2. The molecule has 6 nitrogen and oxygen atoms in total. The Hall–Kier alpha value is -4.13.